The summed E-state index contributed by atoms with van der Waals surface area (Å²) >= 11 is 0. The number of amides is 1. The predicted molar refractivity (Wildman–Crippen MR) is 92.7 cm³/mol. The van der Waals surface area contributed by atoms with Crippen molar-refractivity contribution < 1.29 is 14.4 Å². The van der Waals surface area contributed by atoms with Gasteiger partial charge >= 0.3 is 0 Å². The highest BCUT2D eigenvalue weighted by Crippen LogP contribution is 2.13. The highest BCUT2D eigenvalue weighted by Gasteiger charge is 2.16. The standard InChI is InChI=1S/C19H39NO2/c1-4-5-6-7-8-9-10-11-12-13-14-15-16-17-18-20(2,3)19(21)22/h4-18H2,1-3H3. The van der Waals surface area contributed by atoms with Crippen LogP contribution < -0.4 is 5.11 Å². The van der Waals surface area contributed by atoms with Crippen LogP contribution in [0.25, 0.3) is 0 Å². The van der Waals surface area contributed by atoms with E-state index < -0.39 is 6.09 Å². The Balaban J connectivity index is 3.16. The van der Waals surface area contributed by atoms with Crippen LogP contribution in [0.15, 0.2) is 0 Å². The number of carboxylic acid groups (broad SMARTS) is 1. The monoisotopic (exact) mass is 313 g/mol. The molecule has 0 saturated carbocycles. The quantitative estimate of drug-likeness (QED) is 0.319. The lowest BCUT2D eigenvalue weighted by atomic mass is 10.0. The van der Waals surface area contributed by atoms with Crippen LogP contribution in [0.4, 0.5) is 4.79 Å². The van der Waals surface area contributed by atoms with Crippen LogP contribution >= 0.6 is 0 Å². The molecule has 0 fully saturated rings. The lowest BCUT2D eigenvalue weighted by Gasteiger charge is -2.28. The maximum atomic E-state index is 10.8. The molecule has 1 amide bonds. The van der Waals surface area contributed by atoms with Gasteiger partial charge in [-0.1, -0.05) is 84.0 Å². The number of hydrogen-bond acceptors (Lipinski definition) is 2. The SMILES string of the molecule is CCCCCCCCCCCCCCCC[N+](C)(C)C(=O)[O-]. The molecule has 0 aromatic rings. The van der Waals surface area contributed by atoms with Gasteiger partial charge in [-0.25, -0.2) is 0 Å². The van der Waals surface area contributed by atoms with Crippen molar-refractivity contribution in [3.8, 4) is 0 Å². The minimum absolute atomic E-state index is 0.0156. The summed E-state index contributed by atoms with van der Waals surface area (Å²) in [4.78, 5) is 10.8. The Morgan fingerprint density at radius 3 is 1.32 bits per heavy atom. The van der Waals surface area contributed by atoms with Gasteiger partial charge in [-0.15, -0.1) is 0 Å². The summed E-state index contributed by atoms with van der Waals surface area (Å²) in [6.45, 7) is 2.95. The molecule has 0 spiro atoms. The summed E-state index contributed by atoms with van der Waals surface area (Å²) in [5, 5.41) is 10.8. The minimum Gasteiger partial charge on any atom is -0.498 e. The third kappa shape index (κ3) is 13.1. The number of hydrogen-bond donors (Lipinski definition) is 0. The van der Waals surface area contributed by atoms with Gasteiger partial charge in [0.15, 0.2) is 0 Å². The highest BCUT2D eigenvalue weighted by molar-refractivity contribution is 5.53. The zero-order valence-corrected chi connectivity index (χ0v) is 15.4. The van der Waals surface area contributed by atoms with E-state index in [1.165, 1.54) is 77.0 Å². The molecule has 0 heterocycles. The van der Waals surface area contributed by atoms with Gasteiger partial charge in [-0.05, 0) is 12.8 Å². The topological polar surface area (TPSA) is 40.1 Å². The Morgan fingerprint density at radius 2 is 1.00 bits per heavy atom. The summed E-state index contributed by atoms with van der Waals surface area (Å²) in [7, 11) is 3.41. The molecule has 0 radical (unpaired) electrons. The summed E-state index contributed by atoms with van der Waals surface area (Å²) in [5.74, 6) is 0. The Bertz CT molecular complexity index is 264. The Morgan fingerprint density at radius 1 is 0.682 bits per heavy atom. The Hall–Kier alpha value is -0.570. The summed E-state index contributed by atoms with van der Waals surface area (Å²) < 4.78 is -0.0156. The molecular weight excluding hydrogens is 274 g/mol. The zero-order valence-electron chi connectivity index (χ0n) is 15.4. The molecule has 0 bridgehead atoms. The van der Waals surface area contributed by atoms with E-state index in [2.05, 4.69) is 6.92 Å². The fraction of sp³-hybridized carbons (Fsp3) is 0.947. The summed E-state index contributed by atoms with van der Waals surface area (Å²) in [6.07, 6.45) is 17.6. The van der Waals surface area contributed by atoms with E-state index in [4.69, 9.17) is 0 Å². The number of nitrogens with zero attached hydrogens (tertiary/aromatic N) is 1. The van der Waals surface area contributed by atoms with Crippen LogP contribution in [0.2, 0.25) is 0 Å². The maximum Gasteiger partial charge on any atom is 0.256 e. The van der Waals surface area contributed by atoms with Crippen LogP contribution in [0.1, 0.15) is 96.8 Å². The molecule has 0 atom stereocenters. The van der Waals surface area contributed by atoms with Gasteiger partial charge in [0, 0.05) is 0 Å². The van der Waals surface area contributed by atoms with E-state index in [-0.39, 0.29) is 4.48 Å². The molecule has 0 saturated heterocycles. The number of unbranched alkanes of at least 4 members (excludes halogenated alkanes) is 13. The van der Waals surface area contributed by atoms with Gasteiger partial charge in [-0.3, -0.25) is 4.48 Å². The van der Waals surface area contributed by atoms with Gasteiger partial charge < -0.3 is 9.90 Å². The fourth-order valence-corrected chi connectivity index (χ4v) is 2.79. The molecule has 0 rings (SSSR count). The number of rotatable bonds is 15. The van der Waals surface area contributed by atoms with Crippen LogP contribution in [0, 0.1) is 0 Å². The first-order valence-corrected chi connectivity index (χ1v) is 9.55. The van der Waals surface area contributed by atoms with Crippen molar-refractivity contribution in [2.75, 3.05) is 20.6 Å². The van der Waals surface area contributed by atoms with Crippen molar-refractivity contribution in [3.05, 3.63) is 0 Å². The van der Waals surface area contributed by atoms with Gasteiger partial charge in [-0.2, -0.15) is 0 Å². The molecule has 22 heavy (non-hydrogen) atoms. The molecule has 3 heteroatoms. The Labute approximate surface area is 138 Å². The fourth-order valence-electron chi connectivity index (χ4n) is 2.79. The van der Waals surface area contributed by atoms with E-state index >= 15 is 0 Å². The van der Waals surface area contributed by atoms with E-state index in [9.17, 15) is 9.90 Å². The van der Waals surface area contributed by atoms with Crippen LogP contribution in [-0.2, 0) is 0 Å². The van der Waals surface area contributed by atoms with Crippen molar-refractivity contribution in [2.24, 2.45) is 0 Å². The van der Waals surface area contributed by atoms with Crippen LogP contribution in [-0.4, -0.2) is 31.2 Å². The van der Waals surface area contributed by atoms with Crippen LogP contribution in [0.3, 0.4) is 0 Å². The van der Waals surface area contributed by atoms with Crippen molar-refractivity contribution in [3.63, 3.8) is 0 Å². The molecule has 0 unspecified atom stereocenters. The van der Waals surface area contributed by atoms with Crippen molar-refractivity contribution in [1.82, 2.24) is 0 Å². The number of carbonyl (C=O) groups is 1. The number of quaternary nitrogens is 1. The lowest BCUT2D eigenvalue weighted by molar-refractivity contribution is -0.838. The van der Waals surface area contributed by atoms with E-state index in [1.54, 1.807) is 14.1 Å². The molecule has 0 aliphatic heterocycles. The number of carbonyl (C=O) groups excluding carboxylic acids is 1. The lowest BCUT2D eigenvalue weighted by Crippen LogP contribution is -2.53. The van der Waals surface area contributed by atoms with Crippen molar-refractivity contribution in [1.29, 1.82) is 0 Å². The first-order chi connectivity index (χ1) is 10.5. The third-order valence-corrected chi connectivity index (χ3v) is 4.56. The molecule has 132 valence electrons. The molecule has 3 nitrogen and oxygen atoms in total. The molecule has 0 aromatic carbocycles. The molecule has 0 aromatic heterocycles. The third-order valence-electron chi connectivity index (χ3n) is 4.56. The van der Waals surface area contributed by atoms with E-state index in [1.807, 2.05) is 0 Å². The maximum absolute atomic E-state index is 10.8. The van der Waals surface area contributed by atoms with Gasteiger partial charge in [0.2, 0.25) is 0 Å². The summed E-state index contributed by atoms with van der Waals surface area (Å²) in [6, 6.07) is 0. The molecular formula is C19H39NO2. The Kier molecular flexibility index (Phi) is 13.7. The average Bonchev–Trinajstić information content (AvgIpc) is 2.47. The average molecular weight is 314 g/mol. The first kappa shape index (κ1) is 21.4. The molecule has 0 N–H and O–H groups in total. The van der Waals surface area contributed by atoms with E-state index in [0.717, 1.165) is 12.8 Å². The van der Waals surface area contributed by atoms with Gasteiger partial charge in [0.1, 0.15) is 0 Å². The van der Waals surface area contributed by atoms with Crippen molar-refractivity contribution in [2.45, 2.75) is 96.8 Å². The second-order valence-corrected chi connectivity index (χ2v) is 7.27. The minimum atomic E-state index is -0.977. The normalized spacial score (nSPS) is 11.8. The van der Waals surface area contributed by atoms with Gasteiger partial charge in [0.05, 0.1) is 20.6 Å². The smallest absolute Gasteiger partial charge is 0.256 e. The molecule has 0 aliphatic carbocycles. The first-order valence-electron chi connectivity index (χ1n) is 9.55. The van der Waals surface area contributed by atoms with Crippen LogP contribution in [0.5, 0.6) is 0 Å². The highest BCUT2D eigenvalue weighted by atomic mass is 16.4. The van der Waals surface area contributed by atoms with Crippen molar-refractivity contribution >= 4 is 6.09 Å². The second kappa shape index (κ2) is 14.0. The zero-order chi connectivity index (χ0) is 16.7. The van der Waals surface area contributed by atoms with E-state index in [0.29, 0.717) is 6.54 Å². The molecule has 0 aliphatic rings. The largest absolute Gasteiger partial charge is 0.498 e. The van der Waals surface area contributed by atoms with Gasteiger partial charge in [0.25, 0.3) is 6.09 Å². The predicted octanol–water partition coefficient (Wildman–Crippen LogP) is 4.89. The second-order valence-electron chi connectivity index (χ2n) is 7.27. The summed E-state index contributed by atoms with van der Waals surface area (Å²) in [5.41, 5.74) is 0.